The zero-order valence-electron chi connectivity index (χ0n) is 21.0. The summed E-state index contributed by atoms with van der Waals surface area (Å²) in [7, 11) is -3.98. The van der Waals surface area contributed by atoms with Crippen LogP contribution in [0.4, 0.5) is 5.69 Å². The predicted octanol–water partition coefficient (Wildman–Crippen LogP) is 4.25. The van der Waals surface area contributed by atoms with Crippen molar-refractivity contribution in [2.75, 3.05) is 5.32 Å². The molecule has 3 rings (SSSR count). The minimum Gasteiger partial charge on any atom is -0.476 e. The molecule has 1 amide bonds. The van der Waals surface area contributed by atoms with Crippen LogP contribution >= 0.6 is 0 Å². The Bertz CT molecular complexity index is 1220. The fourth-order valence-corrected chi connectivity index (χ4v) is 5.09. The van der Waals surface area contributed by atoms with Gasteiger partial charge in [0, 0.05) is 23.2 Å². The molecule has 1 saturated carbocycles. The number of aromatic nitrogens is 2. The van der Waals surface area contributed by atoms with E-state index >= 15 is 0 Å². The highest BCUT2D eigenvalue weighted by molar-refractivity contribution is 7.89. The zero-order chi connectivity index (χ0) is 26.1. The topological polar surface area (TPSA) is 140 Å². The number of ether oxygens (including phenoxy) is 1. The predicted molar refractivity (Wildman–Crippen MR) is 131 cm³/mol. The number of hydrogen-bond acceptors (Lipinski definition) is 6. The van der Waals surface area contributed by atoms with E-state index in [0.717, 1.165) is 12.8 Å². The van der Waals surface area contributed by atoms with E-state index < -0.39 is 21.5 Å². The maximum Gasteiger partial charge on any atom is 0.356 e. The third kappa shape index (κ3) is 6.02. The number of carbonyl (C=O) groups excluding carboxylic acids is 1. The highest BCUT2D eigenvalue weighted by Gasteiger charge is 2.32. The first-order valence-corrected chi connectivity index (χ1v) is 13.2. The maximum absolute atomic E-state index is 13.2. The van der Waals surface area contributed by atoms with Gasteiger partial charge in [-0.25, -0.2) is 22.6 Å². The average Bonchev–Trinajstić information content (AvgIpc) is 3.49. The second kappa shape index (κ2) is 9.98. The second-order valence-electron chi connectivity index (χ2n) is 9.83. The number of rotatable bonds is 10. The summed E-state index contributed by atoms with van der Waals surface area (Å²) in [6, 6.07) is 4.25. The second-order valence-corrected chi connectivity index (χ2v) is 11.5. The Morgan fingerprint density at radius 1 is 1.23 bits per heavy atom. The average molecular weight is 507 g/mol. The maximum atomic E-state index is 13.2. The molecule has 1 fully saturated rings. The van der Waals surface area contributed by atoms with Gasteiger partial charge in [-0.15, -0.1) is 0 Å². The van der Waals surface area contributed by atoms with Gasteiger partial charge in [-0.2, -0.15) is 5.10 Å². The quantitative estimate of drug-likeness (QED) is 0.437. The van der Waals surface area contributed by atoms with Gasteiger partial charge in [0.05, 0.1) is 5.54 Å². The fraction of sp³-hybridized carbons (Fsp3) is 0.542. The lowest BCUT2D eigenvalue weighted by molar-refractivity contribution is -0.120. The summed E-state index contributed by atoms with van der Waals surface area (Å²) in [5.41, 5.74) is -0.207. The number of carbonyl (C=O) groups is 2. The lowest BCUT2D eigenvalue weighted by Gasteiger charge is -2.23. The van der Waals surface area contributed by atoms with E-state index in [1.54, 1.807) is 13.0 Å². The molecule has 10 nitrogen and oxygen atoms in total. The highest BCUT2D eigenvalue weighted by atomic mass is 32.2. The summed E-state index contributed by atoms with van der Waals surface area (Å²) in [5.74, 6) is -1.45. The van der Waals surface area contributed by atoms with Crippen LogP contribution in [-0.2, 0) is 20.4 Å². The molecule has 35 heavy (non-hydrogen) atoms. The number of sulfonamides is 1. The monoisotopic (exact) mass is 506 g/mol. The molecule has 192 valence electrons. The molecule has 0 radical (unpaired) electrons. The number of aromatic carboxylic acids is 1. The number of amides is 1. The Hall–Kier alpha value is -2.92. The molecular weight excluding hydrogens is 472 g/mol. The molecule has 1 aliphatic rings. The summed E-state index contributed by atoms with van der Waals surface area (Å²) in [4.78, 5) is 24.1. The number of nitrogens with one attached hydrogen (secondary N) is 2. The Morgan fingerprint density at radius 3 is 2.37 bits per heavy atom. The molecule has 2 aromatic rings. The molecule has 0 atom stereocenters. The van der Waals surface area contributed by atoms with Gasteiger partial charge in [0.1, 0.15) is 10.6 Å². The molecule has 1 aromatic carbocycles. The van der Waals surface area contributed by atoms with Gasteiger partial charge in [0.25, 0.3) is 0 Å². The number of carboxylic acid groups (broad SMARTS) is 1. The van der Waals surface area contributed by atoms with Crippen LogP contribution in [0.2, 0.25) is 0 Å². The molecule has 0 saturated heterocycles. The first-order valence-electron chi connectivity index (χ1n) is 11.8. The van der Waals surface area contributed by atoms with Crippen molar-refractivity contribution in [1.82, 2.24) is 14.5 Å². The molecule has 11 heteroatoms. The minimum atomic E-state index is -3.98. The SMILES string of the molecule is CCC(CC)C(=O)Nc1ccc(Oc2c(C)c(C(=O)O)nn2C(C)(C)C)c(S(=O)(=O)NC2CC2)c1. The van der Waals surface area contributed by atoms with E-state index in [-0.39, 0.29) is 45.6 Å². The van der Waals surface area contributed by atoms with Gasteiger partial charge in [-0.1, -0.05) is 13.8 Å². The lowest BCUT2D eigenvalue weighted by Crippen LogP contribution is -2.27. The van der Waals surface area contributed by atoms with E-state index in [4.69, 9.17) is 4.74 Å². The van der Waals surface area contributed by atoms with E-state index in [2.05, 4.69) is 15.1 Å². The van der Waals surface area contributed by atoms with Crippen LogP contribution in [-0.4, -0.2) is 41.2 Å². The van der Waals surface area contributed by atoms with E-state index in [1.807, 2.05) is 34.6 Å². The molecule has 0 spiro atoms. The van der Waals surface area contributed by atoms with Crippen LogP contribution in [0.5, 0.6) is 11.6 Å². The summed E-state index contributed by atoms with van der Waals surface area (Å²) >= 11 is 0. The summed E-state index contributed by atoms with van der Waals surface area (Å²) in [6.45, 7) is 10.9. The van der Waals surface area contributed by atoms with Crippen LogP contribution in [0.3, 0.4) is 0 Å². The van der Waals surface area contributed by atoms with Crippen molar-refractivity contribution >= 4 is 27.6 Å². The molecule has 0 aliphatic heterocycles. The van der Waals surface area contributed by atoms with Gasteiger partial charge in [-0.3, -0.25) is 4.79 Å². The van der Waals surface area contributed by atoms with Crippen molar-refractivity contribution < 1.29 is 27.9 Å². The molecule has 3 N–H and O–H groups in total. The summed E-state index contributed by atoms with van der Waals surface area (Å²) in [6.07, 6.45) is 2.83. The zero-order valence-corrected chi connectivity index (χ0v) is 21.8. The Labute approximate surface area is 206 Å². The van der Waals surface area contributed by atoms with E-state index in [9.17, 15) is 23.1 Å². The summed E-state index contributed by atoms with van der Waals surface area (Å²) in [5, 5.41) is 16.5. The van der Waals surface area contributed by atoms with Crippen LogP contribution in [0.1, 0.15) is 76.4 Å². The van der Waals surface area contributed by atoms with Crippen molar-refractivity contribution in [2.24, 2.45) is 5.92 Å². The molecule has 0 unspecified atom stereocenters. The van der Waals surface area contributed by atoms with Crippen molar-refractivity contribution in [3.8, 4) is 11.6 Å². The van der Waals surface area contributed by atoms with Crippen molar-refractivity contribution in [2.45, 2.75) is 83.7 Å². The standard InChI is InChI=1S/C24H34N4O6S/c1-7-15(8-2)21(29)25-17-11-12-18(19(13-17)35(32,33)27-16-9-10-16)34-22-14(3)20(23(30)31)26-28(22)24(4,5)6/h11-13,15-16,27H,7-10H2,1-6H3,(H,25,29)(H,30,31). The Morgan fingerprint density at radius 2 is 1.86 bits per heavy atom. The van der Waals surface area contributed by atoms with Crippen LogP contribution in [0.25, 0.3) is 0 Å². The van der Waals surface area contributed by atoms with Crippen molar-refractivity contribution in [3.05, 3.63) is 29.5 Å². The third-order valence-electron chi connectivity index (χ3n) is 5.87. The smallest absolute Gasteiger partial charge is 0.356 e. The first-order chi connectivity index (χ1) is 16.3. The first kappa shape index (κ1) is 26.7. The number of benzene rings is 1. The number of anilines is 1. The van der Waals surface area contributed by atoms with Crippen LogP contribution < -0.4 is 14.8 Å². The normalized spacial score (nSPS) is 14.3. The van der Waals surface area contributed by atoms with Gasteiger partial charge in [0.2, 0.25) is 21.8 Å². The fourth-order valence-electron chi connectivity index (χ4n) is 3.63. The molecule has 1 aromatic heterocycles. The van der Waals surface area contributed by atoms with Crippen LogP contribution in [0.15, 0.2) is 23.1 Å². The van der Waals surface area contributed by atoms with E-state index in [1.165, 1.54) is 16.8 Å². The lowest BCUT2D eigenvalue weighted by atomic mass is 10.0. The molecule has 1 heterocycles. The number of carboxylic acids is 1. The van der Waals surface area contributed by atoms with Crippen molar-refractivity contribution in [3.63, 3.8) is 0 Å². The molecule has 0 bridgehead atoms. The summed E-state index contributed by atoms with van der Waals surface area (Å²) < 4.78 is 36.6. The number of hydrogen-bond donors (Lipinski definition) is 3. The largest absolute Gasteiger partial charge is 0.476 e. The third-order valence-corrected chi connectivity index (χ3v) is 7.41. The van der Waals surface area contributed by atoms with Gasteiger partial charge >= 0.3 is 5.97 Å². The van der Waals surface area contributed by atoms with Crippen LogP contribution in [0, 0.1) is 12.8 Å². The van der Waals surface area contributed by atoms with E-state index in [0.29, 0.717) is 18.5 Å². The highest BCUT2D eigenvalue weighted by Crippen LogP contribution is 2.37. The minimum absolute atomic E-state index is 0.00382. The Balaban J connectivity index is 2.08. The number of nitrogens with zero attached hydrogens (tertiary/aromatic N) is 2. The van der Waals surface area contributed by atoms with Gasteiger partial charge < -0.3 is 15.2 Å². The molecular formula is C24H34N4O6S. The van der Waals surface area contributed by atoms with Gasteiger partial charge in [0.15, 0.2) is 5.69 Å². The van der Waals surface area contributed by atoms with Gasteiger partial charge in [-0.05, 0) is 71.6 Å². The Kier molecular flexibility index (Phi) is 7.61. The molecule has 1 aliphatic carbocycles. The van der Waals surface area contributed by atoms with Crippen molar-refractivity contribution in [1.29, 1.82) is 0 Å².